The van der Waals surface area contributed by atoms with Crippen molar-refractivity contribution < 1.29 is 24.5 Å². The van der Waals surface area contributed by atoms with Crippen molar-refractivity contribution in [1.82, 2.24) is 25.0 Å². The van der Waals surface area contributed by atoms with Crippen LogP contribution >= 0.6 is 0 Å². The molecular weight excluding hydrogens is 426 g/mol. The van der Waals surface area contributed by atoms with Crippen molar-refractivity contribution in [2.24, 2.45) is 0 Å². The minimum absolute atomic E-state index is 0.00199. The third-order valence-electron chi connectivity index (χ3n) is 5.63. The van der Waals surface area contributed by atoms with Gasteiger partial charge < -0.3 is 29.9 Å². The highest BCUT2D eigenvalue weighted by Crippen LogP contribution is 2.40. The Balaban J connectivity index is 1.81. The normalized spacial score (nSPS) is 15.4. The van der Waals surface area contributed by atoms with Gasteiger partial charge in [0.15, 0.2) is 11.6 Å². The summed E-state index contributed by atoms with van der Waals surface area (Å²) in [7, 11) is 3.85. The largest absolute Gasteiger partial charge is 0.508 e. The average Bonchev–Trinajstić information content (AvgIpc) is 3.39. The number of carbonyl (C=O) groups is 1. The fraction of sp³-hybridized carbons (Fsp3) is 0.435. The third-order valence-corrected chi connectivity index (χ3v) is 5.63. The zero-order valence-corrected chi connectivity index (χ0v) is 19.3. The van der Waals surface area contributed by atoms with E-state index in [1.165, 1.54) is 6.07 Å². The van der Waals surface area contributed by atoms with E-state index in [4.69, 9.17) is 9.47 Å². The fourth-order valence-corrected chi connectivity index (χ4v) is 3.86. The summed E-state index contributed by atoms with van der Waals surface area (Å²) < 4.78 is 12.7. The lowest BCUT2D eigenvalue weighted by Gasteiger charge is -2.19. The Morgan fingerprint density at radius 2 is 1.97 bits per heavy atom. The summed E-state index contributed by atoms with van der Waals surface area (Å²) in [6.45, 7) is 5.17. The summed E-state index contributed by atoms with van der Waals surface area (Å²) in [6, 6.07) is 2.98. The number of hydrogen-bond acceptors (Lipinski definition) is 8. The number of nitrogens with zero attached hydrogens (tertiary/aromatic N) is 4. The molecule has 0 radical (unpaired) electrons. The number of hydrogen-bond donors (Lipinski definition) is 3. The van der Waals surface area contributed by atoms with E-state index >= 15 is 0 Å². The Labute approximate surface area is 192 Å². The molecule has 1 aliphatic heterocycles. The molecule has 3 N–H and O–H groups in total. The molecule has 4 rings (SSSR count). The molecule has 0 saturated heterocycles. The van der Waals surface area contributed by atoms with Gasteiger partial charge in [0.1, 0.15) is 17.3 Å². The first-order valence-corrected chi connectivity index (χ1v) is 10.9. The lowest BCUT2D eigenvalue weighted by Crippen LogP contribution is -2.33. The van der Waals surface area contributed by atoms with Crippen LogP contribution in [0.5, 0.6) is 11.5 Å². The van der Waals surface area contributed by atoms with Gasteiger partial charge in [-0.1, -0.05) is 13.8 Å². The van der Waals surface area contributed by atoms with Gasteiger partial charge in [0, 0.05) is 37.3 Å². The van der Waals surface area contributed by atoms with Crippen LogP contribution in [0.2, 0.25) is 0 Å². The molecule has 0 unspecified atom stereocenters. The van der Waals surface area contributed by atoms with Crippen molar-refractivity contribution in [3.05, 3.63) is 41.1 Å². The van der Waals surface area contributed by atoms with Crippen LogP contribution in [0.3, 0.4) is 0 Å². The molecule has 1 aliphatic carbocycles. The molecule has 1 aromatic carbocycles. The van der Waals surface area contributed by atoms with Gasteiger partial charge in [-0.2, -0.15) is 0 Å². The predicted octanol–water partition coefficient (Wildman–Crippen LogP) is 2.62. The van der Waals surface area contributed by atoms with E-state index in [0.29, 0.717) is 48.6 Å². The van der Waals surface area contributed by atoms with Gasteiger partial charge in [-0.3, -0.25) is 9.36 Å². The Bertz CT molecular complexity index is 1130. The zero-order chi connectivity index (χ0) is 23.7. The number of aromatic nitrogens is 3. The molecule has 1 amide bonds. The maximum Gasteiger partial charge on any atom is 0.289 e. The number of rotatable bonds is 7. The minimum atomic E-state index is -0.373. The Hall–Kier alpha value is -3.53. The van der Waals surface area contributed by atoms with Crippen LogP contribution in [-0.2, 0) is 9.47 Å². The van der Waals surface area contributed by atoms with Crippen molar-refractivity contribution >= 4 is 11.6 Å². The second kappa shape index (κ2) is 9.14. The van der Waals surface area contributed by atoms with E-state index in [9.17, 15) is 15.0 Å². The van der Waals surface area contributed by atoms with Gasteiger partial charge in [0.2, 0.25) is 12.6 Å². The van der Waals surface area contributed by atoms with Crippen LogP contribution in [0.15, 0.2) is 29.7 Å². The van der Waals surface area contributed by atoms with Crippen LogP contribution in [-0.4, -0.2) is 69.8 Å². The van der Waals surface area contributed by atoms with Crippen LogP contribution in [0.25, 0.3) is 17.1 Å². The summed E-state index contributed by atoms with van der Waals surface area (Å²) in [5.74, 6) is 1.30. The summed E-state index contributed by atoms with van der Waals surface area (Å²) in [6.07, 6.45) is 3.00. The first kappa shape index (κ1) is 22.7. The van der Waals surface area contributed by atoms with E-state index in [-0.39, 0.29) is 35.9 Å². The highest BCUT2D eigenvalue weighted by molar-refractivity contribution is 5.93. The van der Waals surface area contributed by atoms with Crippen LogP contribution in [0.1, 0.15) is 48.8 Å². The molecule has 10 heteroatoms. The summed E-state index contributed by atoms with van der Waals surface area (Å²) in [4.78, 5) is 15.0. The van der Waals surface area contributed by atoms with Gasteiger partial charge in [-0.15, -0.1) is 10.2 Å². The summed E-state index contributed by atoms with van der Waals surface area (Å²) in [5, 5.41) is 32.2. The number of phenols is 2. The minimum Gasteiger partial charge on any atom is -0.508 e. The van der Waals surface area contributed by atoms with Crippen molar-refractivity contribution in [1.29, 1.82) is 0 Å². The topological polar surface area (TPSA) is 122 Å². The number of nitrogens with one attached hydrogen (secondary N) is 1. The first-order valence-electron chi connectivity index (χ1n) is 10.9. The molecule has 1 aromatic heterocycles. The molecule has 176 valence electrons. The maximum absolute atomic E-state index is 13.0. The number of ether oxygens (including phenoxy) is 2. The number of benzene rings is 1. The van der Waals surface area contributed by atoms with Gasteiger partial charge in [-0.25, -0.2) is 0 Å². The SMILES string of the molecule is CC(C)c1cc(-c2nnc(C(=O)NCCN(C)C)n2C2=CC3=C(CC2)OCO3)c(O)cc1O. The van der Waals surface area contributed by atoms with Crippen LogP contribution < -0.4 is 5.32 Å². The molecule has 0 spiro atoms. The number of phenolic OH excluding ortho intramolecular Hbond substituents is 2. The lowest BCUT2D eigenvalue weighted by atomic mass is 9.98. The third kappa shape index (κ3) is 4.51. The lowest BCUT2D eigenvalue weighted by molar-refractivity contribution is 0.0729. The number of aromatic hydroxyl groups is 2. The van der Waals surface area contributed by atoms with E-state index in [1.807, 2.05) is 38.9 Å². The maximum atomic E-state index is 13.0. The van der Waals surface area contributed by atoms with Crippen molar-refractivity contribution in [3.8, 4) is 22.9 Å². The predicted molar refractivity (Wildman–Crippen MR) is 121 cm³/mol. The quantitative estimate of drug-likeness (QED) is 0.582. The number of allylic oxidation sites excluding steroid dienone is 3. The molecule has 0 bridgehead atoms. The fourth-order valence-electron chi connectivity index (χ4n) is 3.86. The molecule has 2 heterocycles. The molecule has 0 atom stereocenters. The van der Waals surface area contributed by atoms with Crippen LogP contribution in [0, 0.1) is 0 Å². The number of amides is 1. The highest BCUT2D eigenvalue weighted by Gasteiger charge is 2.29. The highest BCUT2D eigenvalue weighted by atomic mass is 16.7. The second-order valence-electron chi connectivity index (χ2n) is 8.65. The van der Waals surface area contributed by atoms with Gasteiger partial charge >= 0.3 is 0 Å². The molecule has 0 saturated carbocycles. The summed E-state index contributed by atoms with van der Waals surface area (Å²) in [5.41, 5.74) is 1.78. The van der Waals surface area contributed by atoms with Gasteiger partial charge in [-0.05, 0) is 38.1 Å². The molecular formula is C23H29N5O5. The zero-order valence-electron chi connectivity index (χ0n) is 19.3. The first-order chi connectivity index (χ1) is 15.8. The smallest absolute Gasteiger partial charge is 0.289 e. The number of likely N-dealkylation sites (N-methyl/N-ethyl adjacent to an activating group) is 1. The molecule has 10 nitrogen and oxygen atoms in total. The summed E-state index contributed by atoms with van der Waals surface area (Å²) >= 11 is 0. The second-order valence-corrected chi connectivity index (χ2v) is 8.65. The average molecular weight is 456 g/mol. The van der Waals surface area contributed by atoms with Crippen LogP contribution in [0.4, 0.5) is 0 Å². The van der Waals surface area contributed by atoms with E-state index in [1.54, 1.807) is 10.6 Å². The van der Waals surface area contributed by atoms with E-state index in [0.717, 1.165) is 11.5 Å². The van der Waals surface area contributed by atoms with Gasteiger partial charge in [0.25, 0.3) is 5.91 Å². The molecule has 2 aromatic rings. The molecule has 33 heavy (non-hydrogen) atoms. The standard InChI is InChI=1S/C23H29N5O5/c1-13(2)15-10-16(18(30)11-17(15)29)21-25-26-22(23(31)24-7-8-27(3)4)28(21)14-5-6-19-20(9-14)33-12-32-19/h9-11,13,29-30H,5-8,12H2,1-4H3,(H,24,31). The van der Waals surface area contributed by atoms with Gasteiger partial charge in [0.05, 0.1) is 5.56 Å². The molecule has 2 aliphatic rings. The number of carbonyl (C=O) groups excluding carboxylic acids is 1. The Morgan fingerprint density at radius 1 is 1.18 bits per heavy atom. The monoisotopic (exact) mass is 455 g/mol. The van der Waals surface area contributed by atoms with E-state index in [2.05, 4.69) is 15.5 Å². The Morgan fingerprint density at radius 3 is 2.70 bits per heavy atom. The van der Waals surface area contributed by atoms with Crippen molar-refractivity contribution in [3.63, 3.8) is 0 Å². The van der Waals surface area contributed by atoms with E-state index < -0.39 is 0 Å². The van der Waals surface area contributed by atoms with Crippen molar-refractivity contribution in [2.45, 2.75) is 32.6 Å². The Kier molecular flexibility index (Phi) is 6.28. The van der Waals surface area contributed by atoms with Crippen molar-refractivity contribution in [2.75, 3.05) is 34.0 Å². The molecule has 0 fully saturated rings.